The fourth-order valence-electron chi connectivity index (χ4n) is 1.71. The van der Waals surface area contributed by atoms with E-state index in [2.05, 4.69) is 36.7 Å². The van der Waals surface area contributed by atoms with Crippen LogP contribution >= 0.6 is 11.3 Å². The molecular weight excluding hydrogens is 202 g/mol. The summed E-state index contributed by atoms with van der Waals surface area (Å²) in [5.74, 6) is 0. The number of hydrogen-bond donors (Lipinski definition) is 1. The molecule has 0 aliphatic carbocycles. The summed E-state index contributed by atoms with van der Waals surface area (Å²) in [7, 11) is 0. The average Bonchev–Trinajstić information content (AvgIpc) is 2.75. The quantitative estimate of drug-likeness (QED) is 0.663. The molecule has 1 N–H and O–H groups in total. The van der Waals surface area contributed by atoms with Gasteiger partial charge in [0.15, 0.2) is 0 Å². The van der Waals surface area contributed by atoms with E-state index in [0.717, 1.165) is 0 Å². The SMILES string of the molecule is CCCCCNC(CC)Cc1cccs1. The summed E-state index contributed by atoms with van der Waals surface area (Å²) < 4.78 is 0. The molecule has 0 aliphatic heterocycles. The Balaban J connectivity index is 2.18. The standard InChI is InChI=1S/C13H23NS/c1-3-5-6-9-14-12(4-2)11-13-8-7-10-15-13/h7-8,10,12,14H,3-6,9,11H2,1-2H3. The van der Waals surface area contributed by atoms with Gasteiger partial charge in [0.05, 0.1) is 0 Å². The van der Waals surface area contributed by atoms with Gasteiger partial charge in [-0.15, -0.1) is 11.3 Å². The first kappa shape index (κ1) is 12.7. The minimum atomic E-state index is 0.667. The minimum Gasteiger partial charge on any atom is -0.314 e. The molecule has 0 spiro atoms. The van der Waals surface area contributed by atoms with Gasteiger partial charge in [0, 0.05) is 10.9 Å². The Morgan fingerprint density at radius 3 is 2.80 bits per heavy atom. The van der Waals surface area contributed by atoms with Gasteiger partial charge in [0.25, 0.3) is 0 Å². The van der Waals surface area contributed by atoms with Crippen LogP contribution in [0.3, 0.4) is 0 Å². The van der Waals surface area contributed by atoms with E-state index in [0.29, 0.717) is 6.04 Å². The molecule has 0 bridgehead atoms. The Labute approximate surface area is 97.9 Å². The van der Waals surface area contributed by atoms with Crippen molar-refractivity contribution in [3.8, 4) is 0 Å². The van der Waals surface area contributed by atoms with E-state index in [4.69, 9.17) is 0 Å². The molecule has 0 aliphatic rings. The third kappa shape index (κ3) is 5.33. The Kier molecular flexibility index (Phi) is 6.69. The monoisotopic (exact) mass is 225 g/mol. The van der Waals surface area contributed by atoms with Crippen molar-refractivity contribution in [3.05, 3.63) is 22.4 Å². The summed E-state index contributed by atoms with van der Waals surface area (Å²) in [5, 5.41) is 5.81. The molecule has 0 saturated heterocycles. The van der Waals surface area contributed by atoms with Crippen molar-refractivity contribution in [1.29, 1.82) is 0 Å². The first-order valence-corrected chi connectivity index (χ1v) is 7.00. The van der Waals surface area contributed by atoms with Crippen LogP contribution in [0.15, 0.2) is 17.5 Å². The molecule has 1 unspecified atom stereocenters. The maximum Gasteiger partial charge on any atom is 0.0113 e. The average molecular weight is 225 g/mol. The summed E-state index contributed by atoms with van der Waals surface area (Å²) in [6.07, 6.45) is 6.40. The highest BCUT2D eigenvalue weighted by Gasteiger charge is 2.06. The van der Waals surface area contributed by atoms with E-state index in [1.54, 1.807) is 0 Å². The molecule has 1 heterocycles. The fraction of sp³-hybridized carbons (Fsp3) is 0.692. The van der Waals surface area contributed by atoms with E-state index in [9.17, 15) is 0 Å². The number of rotatable bonds is 8. The van der Waals surface area contributed by atoms with Gasteiger partial charge in [-0.3, -0.25) is 0 Å². The Bertz CT molecular complexity index is 231. The molecule has 0 saturated carbocycles. The lowest BCUT2D eigenvalue weighted by atomic mass is 10.1. The number of thiophene rings is 1. The second-order valence-corrected chi connectivity index (χ2v) is 5.08. The van der Waals surface area contributed by atoms with Gasteiger partial charge < -0.3 is 5.32 Å². The molecule has 0 radical (unpaired) electrons. The highest BCUT2D eigenvalue weighted by molar-refractivity contribution is 7.09. The molecule has 0 amide bonds. The summed E-state index contributed by atoms with van der Waals surface area (Å²) in [4.78, 5) is 1.50. The van der Waals surface area contributed by atoms with Crippen LogP contribution in [0.1, 0.15) is 44.4 Å². The van der Waals surface area contributed by atoms with Crippen molar-refractivity contribution in [1.82, 2.24) is 5.32 Å². The fourth-order valence-corrected chi connectivity index (χ4v) is 2.50. The van der Waals surface area contributed by atoms with Crippen molar-refractivity contribution in [2.45, 2.75) is 52.0 Å². The lowest BCUT2D eigenvalue weighted by Gasteiger charge is -2.15. The molecular formula is C13H23NS. The van der Waals surface area contributed by atoms with Crippen LogP contribution in [0.2, 0.25) is 0 Å². The lowest BCUT2D eigenvalue weighted by molar-refractivity contribution is 0.484. The van der Waals surface area contributed by atoms with Gasteiger partial charge in [-0.05, 0) is 37.3 Å². The van der Waals surface area contributed by atoms with Crippen molar-refractivity contribution in [3.63, 3.8) is 0 Å². The van der Waals surface area contributed by atoms with Gasteiger partial charge >= 0.3 is 0 Å². The normalized spacial score (nSPS) is 12.9. The first-order valence-electron chi connectivity index (χ1n) is 6.12. The van der Waals surface area contributed by atoms with Crippen LogP contribution in [0, 0.1) is 0 Å². The minimum absolute atomic E-state index is 0.667. The van der Waals surface area contributed by atoms with Gasteiger partial charge in [-0.25, -0.2) is 0 Å². The molecule has 0 fully saturated rings. The predicted molar refractivity (Wildman–Crippen MR) is 69.6 cm³/mol. The van der Waals surface area contributed by atoms with Gasteiger partial charge in [-0.2, -0.15) is 0 Å². The summed E-state index contributed by atoms with van der Waals surface area (Å²) in [5.41, 5.74) is 0. The van der Waals surface area contributed by atoms with Crippen LogP contribution < -0.4 is 5.32 Å². The summed E-state index contributed by atoms with van der Waals surface area (Å²) in [6.45, 7) is 5.70. The van der Waals surface area contributed by atoms with E-state index in [-0.39, 0.29) is 0 Å². The molecule has 1 atom stereocenters. The van der Waals surface area contributed by atoms with Crippen molar-refractivity contribution >= 4 is 11.3 Å². The van der Waals surface area contributed by atoms with Gasteiger partial charge in [0.2, 0.25) is 0 Å². The zero-order valence-electron chi connectivity index (χ0n) is 9.96. The number of hydrogen-bond acceptors (Lipinski definition) is 2. The van der Waals surface area contributed by atoms with Crippen LogP contribution in [0.25, 0.3) is 0 Å². The molecule has 86 valence electrons. The van der Waals surface area contributed by atoms with Crippen molar-refractivity contribution in [2.24, 2.45) is 0 Å². The third-order valence-corrected chi connectivity index (χ3v) is 3.63. The predicted octanol–water partition coefficient (Wildman–Crippen LogP) is 3.85. The first-order chi connectivity index (χ1) is 7.36. The van der Waals surface area contributed by atoms with Crippen molar-refractivity contribution < 1.29 is 0 Å². The summed E-state index contributed by atoms with van der Waals surface area (Å²) >= 11 is 1.87. The van der Waals surface area contributed by atoms with Crippen LogP contribution in [0.4, 0.5) is 0 Å². The van der Waals surface area contributed by atoms with Crippen LogP contribution in [-0.4, -0.2) is 12.6 Å². The largest absolute Gasteiger partial charge is 0.314 e. The van der Waals surface area contributed by atoms with Gasteiger partial charge in [0.1, 0.15) is 0 Å². The highest BCUT2D eigenvalue weighted by atomic mass is 32.1. The second kappa shape index (κ2) is 7.89. The topological polar surface area (TPSA) is 12.0 Å². The zero-order valence-corrected chi connectivity index (χ0v) is 10.8. The van der Waals surface area contributed by atoms with E-state index in [1.807, 2.05) is 11.3 Å². The molecule has 0 aromatic carbocycles. The maximum absolute atomic E-state index is 3.65. The highest BCUT2D eigenvalue weighted by Crippen LogP contribution is 2.12. The zero-order chi connectivity index (χ0) is 10.9. The molecule has 1 nitrogen and oxygen atoms in total. The van der Waals surface area contributed by atoms with Crippen LogP contribution in [0.5, 0.6) is 0 Å². The number of unbranched alkanes of at least 4 members (excludes halogenated alkanes) is 2. The van der Waals surface area contributed by atoms with E-state index < -0.39 is 0 Å². The lowest BCUT2D eigenvalue weighted by Crippen LogP contribution is -2.31. The molecule has 1 aromatic rings. The Morgan fingerprint density at radius 1 is 1.33 bits per heavy atom. The molecule has 1 aromatic heterocycles. The van der Waals surface area contributed by atoms with E-state index in [1.165, 1.54) is 43.5 Å². The maximum atomic E-state index is 3.65. The molecule has 1 rings (SSSR count). The smallest absolute Gasteiger partial charge is 0.0113 e. The molecule has 15 heavy (non-hydrogen) atoms. The molecule has 2 heteroatoms. The van der Waals surface area contributed by atoms with Crippen LogP contribution in [-0.2, 0) is 6.42 Å². The summed E-state index contributed by atoms with van der Waals surface area (Å²) in [6, 6.07) is 5.05. The second-order valence-electron chi connectivity index (χ2n) is 4.05. The van der Waals surface area contributed by atoms with Gasteiger partial charge in [-0.1, -0.05) is 32.8 Å². The Morgan fingerprint density at radius 2 is 2.20 bits per heavy atom. The number of nitrogens with one attached hydrogen (secondary N) is 1. The Hall–Kier alpha value is -0.340. The third-order valence-electron chi connectivity index (χ3n) is 2.73. The van der Waals surface area contributed by atoms with Crippen molar-refractivity contribution in [2.75, 3.05) is 6.54 Å². The van der Waals surface area contributed by atoms with E-state index >= 15 is 0 Å².